The van der Waals surface area contributed by atoms with Gasteiger partial charge in [-0.1, -0.05) is 54.1 Å². The number of ether oxygens (including phenoxy) is 1. The topological polar surface area (TPSA) is 41.6 Å². The average molecular weight is 459 g/mol. The zero-order valence-electron chi connectivity index (χ0n) is 17.5. The molecule has 33 heavy (non-hydrogen) atoms. The van der Waals surface area contributed by atoms with Crippen LogP contribution in [-0.4, -0.2) is 5.91 Å². The number of carbonyl (C=O) groups is 1. The van der Waals surface area contributed by atoms with Gasteiger partial charge in [-0.25, -0.2) is 4.39 Å². The highest BCUT2D eigenvalue weighted by molar-refractivity contribution is 6.31. The zero-order valence-corrected chi connectivity index (χ0v) is 18.3. The molecule has 4 nitrogen and oxygen atoms in total. The molecular weight excluding hydrogens is 439 g/mol. The molecule has 1 aliphatic heterocycles. The summed E-state index contributed by atoms with van der Waals surface area (Å²) < 4.78 is 19.4. The smallest absolute Gasteiger partial charge is 0.262 e. The van der Waals surface area contributed by atoms with Crippen molar-refractivity contribution in [1.82, 2.24) is 0 Å². The Hall–Kier alpha value is -3.83. The molecule has 164 valence electrons. The molecule has 1 heterocycles. The summed E-state index contributed by atoms with van der Waals surface area (Å²) in [5, 5.41) is 4.10. The fourth-order valence-electron chi connectivity index (χ4n) is 3.88. The maximum atomic E-state index is 13.5. The summed E-state index contributed by atoms with van der Waals surface area (Å²) in [6, 6.07) is 28.4. The lowest BCUT2D eigenvalue weighted by molar-refractivity contribution is 0.0975. The Labute approximate surface area is 196 Å². The Balaban J connectivity index is 1.43. The van der Waals surface area contributed by atoms with Crippen molar-refractivity contribution in [2.75, 3.05) is 10.2 Å². The van der Waals surface area contributed by atoms with Gasteiger partial charge in [0.05, 0.1) is 5.56 Å². The van der Waals surface area contributed by atoms with E-state index in [4.69, 9.17) is 16.3 Å². The van der Waals surface area contributed by atoms with E-state index in [0.29, 0.717) is 28.6 Å². The second kappa shape index (κ2) is 8.96. The van der Waals surface area contributed by atoms with Crippen LogP contribution in [0.25, 0.3) is 0 Å². The van der Waals surface area contributed by atoms with Crippen molar-refractivity contribution < 1.29 is 13.9 Å². The molecule has 0 spiro atoms. The molecule has 0 saturated heterocycles. The van der Waals surface area contributed by atoms with Gasteiger partial charge in [0, 0.05) is 22.0 Å². The molecule has 1 atom stereocenters. The van der Waals surface area contributed by atoms with E-state index >= 15 is 0 Å². The number of halogens is 2. The molecule has 0 saturated carbocycles. The summed E-state index contributed by atoms with van der Waals surface area (Å²) >= 11 is 6.21. The van der Waals surface area contributed by atoms with Gasteiger partial charge in [-0.15, -0.1) is 0 Å². The highest BCUT2D eigenvalue weighted by Gasteiger charge is 2.34. The van der Waals surface area contributed by atoms with Gasteiger partial charge in [-0.3, -0.25) is 9.69 Å². The van der Waals surface area contributed by atoms with Crippen molar-refractivity contribution in [1.29, 1.82) is 0 Å². The normalized spacial score (nSPS) is 15.0. The zero-order chi connectivity index (χ0) is 22.8. The number of amides is 1. The van der Waals surface area contributed by atoms with Crippen LogP contribution >= 0.6 is 11.6 Å². The number of nitrogens with zero attached hydrogens (tertiary/aromatic N) is 1. The summed E-state index contributed by atoms with van der Waals surface area (Å²) in [7, 11) is 0. The van der Waals surface area contributed by atoms with E-state index in [9.17, 15) is 9.18 Å². The van der Waals surface area contributed by atoms with Crippen molar-refractivity contribution in [2.45, 2.75) is 12.8 Å². The van der Waals surface area contributed by atoms with E-state index in [1.165, 1.54) is 12.1 Å². The van der Waals surface area contributed by atoms with Gasteiger partial charge in [0.2, 0.25) is 0 Å². The first-order chi connectivity index (χ1) is 16.1. The fourth-order valence-corrected chi connectivity index (χ4v) is 4.07. The quantitative estimate of drug-likeness (QED) is 0.356. The molecular formula is C27H20ClFN2O2. The summed E-state index contributed by atoms with van der Waals surface area (Å²) in [4.78, 5) is 15.0. The van der Waals surface area contributed by atoms with Crippen molar-refractivity contribution in [3.63, 3.8) is 0 Å². The van der Waals surface area contributed by atoms with Crippen LogP contribution in [0.3, 0.4) is 0 Å². The number of anilines is 2. The first-order valence-corrected chi connectivity index (χ1v) is 10.9. The van der Waals surface area contributed by atoms with Crippen molar-refractivity contribution in [2.24, 2.45) is 0 Å². The number of para-hydroxylation sites is 1. The molecule has 1 aliphatic rings. The monoisotopic (exact) mass is 458 g/mol. The lowest BCUT2D eigenvalue weighted by Crippen LogP contribution is -2.43. The van der Waals surface area contributed by atoms with Crippen LogP contribution in [0.5, 0.6) is 5.75 Å². The highest BCUT2D eigenvalue weighted by atomic mass is 35.5. The Kier molecular flexibility index (Phi) is 5.71. The number of nitrogens with one attached hydrogen (secondary N) is 1. The number of benzene rings is 4. The second-order valence-corrected chi connectivity index (χ2v) is 8.10. The molecule has 1 N–H and O–H groups in total. The third-order valence-corrected chi connectivity index (χ3v) is 5.95. The highest BCUT2D eigenvalue weighted by Crippen LogP contribution is 2.37. The summed E-state index contributed by atoms with van der Waals surface area (Å²) in [6.45, 7) is 0.355. The number of fused-ring (bicyclic) bond motifs is 1. The van der Waals surface area contributed by atoms with Crippen LogP contribution < -0.4 is 15.0 Å². The summed E-state index contributed by atoms with van der Waals surface area (Å²) in [6.07, 6.45) is -0.463. The number of hydrogen-bond acceptors (Lipinski definition) is 3. The van der Waals surface area contributed by atoms with Gasteiger partial charge in [-0.05, 0) is 60.2 Å². The summed E-state index contributed by atoms with van der Waals surface area (Å²) in [5.41, 5.74) is 3.70. The number of carbonyl (C=O) groups excluding carboxylic acids is 1. The second-order valence-electron chi connectivity index (χ2n) is 7.69. The van der Waals surface area contributed by atoms with E-state index in [-0.39, 0.29) is 11.7 Å². The molecule has 4 aromatic rings. The maximum Gasteiger partial charge on any atom is 0.262 e. The molecule has 0 bridgehead atoms. The minimum absolute atomic E-state index is 0.153. The maximum absolute atomic E-state index is 13.5. The minimum Gasteiger partial charge on any atom is -0.489 e. The van der Waals surface area contributed by atoms with Crippen LogP contribution in [0.1, 0.15) is 27.7 Å². The van der Waals surface area contributed by atoms with E-state index in [1.807, 2.05) is 66.7 Å². The third kappa shape index (κ3) is 4.28. The Morgan fingerprint density at radius 1 is 0.879 bits per heavy atom. The van der Waals surface area contributed by atoms with Crippen molar-refractivity contribution in [3.8, 4) is 5.75 Å². The van der Waals surface area contributed by atoms with Gasteiger partial charge >= 0.3 is 0 Å². The molecule has 0 unspecified atom stereocenters. The molecule has 0 fully saturated rings. The Morgan fingerprint density at radius 2 is 1.58 bits per heavy atom. The van der Waals surface area contributed by atoms with Crippen LogP contribution in [0.4, 0.5) is 15.8 Å². The predicted octanol–water partition coefficient (Wildman–Crippen LogP) is 6.83. The van der Waals surface area contributed by atoms with Gasteiger partial charge < -0.3 is 10.1 Å². The minimum atomic E-state index is -0.463. The molecule has 5 rings (SSSR count). The molecule has 6 heteroatoms. The molecule has 0 aromatic heterocycles. The molecule has 0 radical (unpaired) electrons. The van der Waals surface area contributed by atoms with Crippen LogP contribution in [0, 0.1) is 5.82 Å². The Bertz CT molecular complexity index is 1290. The van der Waals surface area contributed by atoms with Crippen LogP contribution in [0.15, 0.2) is 97.1 Å². The fraction of sp³-hybridized carbons (Fsp3) is 0.0741. The average Bonchev–Trinajstić information content (AvgIpc) is 2.85. The van der Waals surface area contributed by atoms with Crippen molar-refractivity contribution >= 4 is 28.9 Å². The SMILES string of the molecule is O=C1c2ccccc2N[C@H](c2ccc(OCc3ccccc3Cl)cc2)N1c1ccc(F)cc1. The first-order valence-electron chi connectivity index (χ1n) is 10.5. The molecule has 1 amide bonds. The van der Waals surface area contributed by atoms with E-state index < -0.39 is 6.17 Å². The van der Waals surface area contributed by atoms with Crippen LogP contribution in [0.2, 0.25) is 5.02 Å². The van der Waals surface area contributed by atoms with Gasteiger partial charge in [-0.2, -0.15) is 0 Å². The van der Waals surface area contributed by atoms with E-state index in [2.05, 4.69) is 5.32 Å². The summed E-state index contributed by atoms with van der Waals surface area (Å²) in [5.74, 6) is 0.183. The molecule has 4 aromatic carbocycles. The standard InChI is InChI=1S/C27H20ClFN2O2/c28-24-7-3-1-5-19(24)17-33-22-15-9-18(10-16-22)26-30-25-8-4-2-6-23(25)27(32)31(26)21-13-11-20(29)12-14-21/h1-16,26,30H,17H2/t26-/m0/s1. The number of hydrogen-bond donors (Lipinski definition) is 1. The lowest BCUT2D eigenvalue weighted by Gasteiger charge is -2.38. The lowest BCUT2D eigenvalue weighted by atomic mass is 10.0. The van der Waals surface area contributed by atoms with Crippen molar-refractivity contribution in [3.05, 3.63) is 125 Å². The number of rotatable bonds is 5. The van der Waals surface area contributed by atoms with Gasteiger partial charge in [0.25, 0.3) is 5.91 Å². The van der Waals surface area contributed by atoms with Gasteiger partial charge in [0.15, 0.2) is 0 Å². The third-order valence-electron chi connectivity index (χ3n) is 5.58. The van der Waals surface area contributed by atoms with Gasteiger partial charge in [0.1, 0.15) is 24.3 Å². The predicted molar refractivity (Wildman–Crippen MR) is 128 cm³/mol. The first kappa shape index (κ1) is 21.0. The van der Waals surface area contributed by atoms with E-state index in [0.717, 1.165) is 16.8 Å². The Morgan fingerprint density at radius 3 is 2.33 bits per heavy atom. The van der Waals surface area contributed by atoms with Crippen LogP contribution in [-0.2, 0) is 6.61 Å². The largest absolute Gasteiger partial charge is 0.489 e. The van der Waals surface area contributed by atoms with E-state index in [1.54, 1.807) is 23.1 Å². The molecule has 0 aliphatic carbocycles.